The number of hydrogen-bond donors (Lipinski definition) is 1. The lowest BCUT2D eigenvalue weighted by Crippen LogP contribution is -2.44. The number of rotatable bonds is 1. The summed E-state index contributed by atoms with van der Waals surface area (Å²) in [6, 6.07) is 1.62. The van der Waals surface area contributed by atoms with Crippen LogP contribution in [0, 0.1) is 5.41 Å². The number of aromatic nitrogens is 1. The maximum atomic E-state index is 12.4. The van der Waals surface area contributed by atoms with Crippen LogP contribution in [0.4, 0.5) is 0 Å². The van der Waals surface area contributed by atoms with Gasteiger partial charge in [0, 0.05) is 38.4 Å². The van der Waals surface area contributed by atoms with Gasteiger partial charge in [-0.1, -0.05) is 11.6 Å². The van der Waals surface area contributed by atoms with Crippen LogP contribution in [-0.4, -0.2) is 41.3 Å². The van der Waals surface area contributed by atoms with E-state index in [1.807, 2.05) is 0 Å². The summed E-state index contributed by atoms with van der Waals surface area (Å²) in [6.07, 6.45) is 5.38. The molecule has 3 rings (SSSR count). The summed E-state index contributed by atoms with van der Waals surface area (Å²) in [5, 5.41) is 3.32. The summed E-state index contributed by atoms with van der Waals surface area (Å²) < 4.78 is 0. The van der Waals surface area contributed by atoms with Gasteiger partial charge in [0.05, 0.1) is 10.6 Å². The van der Waals surface area contributed by atoms with Gasteiger partial charge >= 0.3 is 0 Å². The second-order valence-corrected chi connectivity index (χ2v) is 6.01. The van der Waals surface area contributed by atoms with E-state index in [0.29, 0.717) is 30.1 Å². The highest BCUT2D eigenvalue weighted by Crippen LogP contribution is 2.37. The summed E-state index contributed by atoms with van der Waals surface area (Å²) in [6.45, 7) is 2.07. The molecule has 0 aliphatic carbocycles. The molecule has 1 N–H and O–H groups in total. The van der Waals surface area contributed by atoms with Crippen molar-refractivity contribution in [1.29, 1.82) is 0 Å². The number of halogens is 1. The fraction of sp³-hybridized carbons (Fsp3) is 0.500. The number of hydrogen-bond acceptors (Lipinski definition) is 3. The van der Waals surface area contributed by atoms with Crippen molar-refractivity contribution in [2.75, 3.05) is 19.6 Å². The minimum absolute atomic E-state index is 0.0482. The van der Waals surface area contributed by atoms with Gasteiger partial charge in [-0.05, 0) is 24.3 Å². The molecular weight excluding hydrogens is 278 g/mol. The van der Waals surface area contributed by atoms with E-state index in [0.717, 1.165) is 19.4 Å². The highest BCUT2D eigenvalue weighted by Gasteiger charge is 2.41. The Morgan fingerprint density at radius 2 is 2.15 bits per heavy atom. The molecule has 3 heterocycles. The summed E-state index contributed by atoms with van der Waals surface area (Å²) in [7, 11) is 0. The molecule has 1 aromatic rings. The van der Waals surface area contributed by atoms with Crippen LogP contribution in [0.3, 0.4) is 0 Å². The van der Waals surface area contributed by atoms with E-state index >= 15 is 0 Å². The number of piperidine rings is 1. The molecule has 0 unspecified atom stereocenters. The van der Waals surface area contributed by atoms with Gasteiger partial charge in [-0.3, -0.25) is 14.6 Å². The van der Waals surface area contributed by atoms with Gasteiger partial charge in [-0.2, -0.15) is 0 Å². The molecule has 6 heteroatoms. The first-order valence-corrected chi connectivity index (χ1v) is 7.13. The molecule has 0 saturated carbocycles. The van der Waals surface area contributed by atoms with E-state index < -0.39 is 0 Å². The van der Waals surface area contributed by atoms with E-state index in [9.17, 15) is 9.59 Å². The summed E-state index contributed by atoms with van der Waals surface area (Å²) in [5.41, 5.74) is 0.498. The smallest absolute Gasteiger partial charge is 0.256 e. The number of carbonyl (C=O) groups is 2. The molecule has 2 fully saturated rings. The van der Waals surface area contributed by atoms with Crippen LogP contribution >= 0.6 is 11.6 Å². The average molecular weight is 294 g/mol. The highest BCUT2D eigenvalue weighted by atomic mass is 35.5. The third-order valence-corrected chi connectivity index (χ3v) is 4.64. The zero-order valence-corrected chi connectivity index (χ0v) is 11.8. The van der Waals surface area contributed by atoms with Gasteiger partial charge in [-0.25, -0.2) is 0 Å². The zero-order chi connectivity index (χ0) is 14.2. The lowest BCUT2D eigenvalue weighted by molar-refractivity contribution is -0.119. The second kappa shape index (κ2) is 5.05. The monoisotopic (exact) mass is 293 g/mol. The fourth-order valence-corrected chi connectivity index (χ4v) is 3.18. The number of nitrogens with zero attached hydrogens (tertiary/aromatic N) is 2. The van der Waals surface area contributed by atoms with Crippen LogP contribution < -0.4 is 5.32 Å². The fourth-order valence-electron chi connectivity index (χ4n) is 2.99. The molecule has 2 aliphatic rings. The molecule has 2 saturated heterocycles. The van der Waals surface area contributed by atoms with Gasteiger partial charge in [0.2, 0.25) is 5.91 Å². The van der Waals surface area contributed by atoms with Crippen molar-refractivity contribution in [3.8, 4) is 0 Å². The largest absolute Gasteiger partial charge is 0.356 e. The quantitative estimate of drug-likeness (QED) is 0.853. The van der Waals surface area contributed by atoms with Crippen molar-refractivity contribution in [2.24, 2.45) is 5.41 Å². The van der Waals surface area contributed by atoms with Crippen molar-refractivity contribution in [1.82, 2.24) is 15.2 Å². The maximum absolute atomic E-state index is 12.4. The summed E-state index contributed by atoms with van der Waals surface area (Å²) in [5.74, 6) is 0.0512. The van der Waals surface area contributed by atoms with Gasteiger partial charge in [0.25, 0.3) is 5.91 Å². The Morgan fingerprint density at radius 3 is 2.75 bits per heavy atom. The van der Waals surface area contributed by atoms with E-state index in [4.69, 9.17) is 11.6 Å². The maximum Gasteiger partial charge on any atom is 0.256 e. The molecule has 5 nitrogen and oxygen atoms in total. The standard InChI is InChI=1S/C14H16ClN3O2/c15-11-1-4-16-8-10(11)13(20)18-5-2-14(3-6-18)7-12(19)17-9-14/h1,4,8H,2-3,5-7,9H2,(H,17,19). The van der Waals surface area contributed by atoms with Crippen molar-refractivity contribution in [3.05, 3.63) is 29.0 Å². The SMILES string of the molecule is O=C1CC2(CCN(C(=O)c3cnccc3Cl)CC2)CN1. The minimum Gasteiger partial charge on any atom is -0.356 e. The Labute approximate surface area is 122 Å². The van der Waals surface area contributed by atoms with Crippen molar-refractivity contribution in [2.45, 2.75) is 19.3 Å². The molecule has 2 aliphatic heterocycles. The van der Waals surface area contributed by atoms with E-state index in [2.05, 4.69) is 10.3 Å². The molecule has 0 radical (unpaired) electrons. The van der Waals surface area contributed by atoms with Gasteiger partial charge < -0.3 is 10.2 Å². The van der Waals surface area contributed by atoms with Gasteiger partial charge in [-0.15, -0.1) is 0 Å². The van der Waals surface area contributed by atoms with Crippen molar-refractivity contribution >= 4 is 23.4 Å². The topological polar surface area (TPSA) is 62.3 Å². The molecule has 20 heavy (non-hydrogen) atoms. The normalized spacial score (nSPS) is 21.1. The molecular formula is C14H16ClN3O2. The number of amides is 2. The Bertz CT molecular complexity index is 553. The Hall–Kier alpha value is -1.62. The van der Waals surface area contributed by atoms with Crippen molar-refractivity contribution < 1.29 is 9.59 Å². The van der Waals surface area contributed by atoms with E-state index in [1.165, 1.54) is 6.20 Å². The summed E-state index contributed by atoms with van der Waals surface area (Å²) in [4.78, 5) is 29.5. The Balaban J connectivity index is 1.68. The van der Waals surface area contributed by atoms with E-state index in [1.54, 1.807) is 17.2 Å². The predicted molar refractivity (Wildman–Crippen MR) is 74.4 cm³/mol. The van der Waals surface area contributed by atoms with Crippen LogP contribution in [-0.2, 0) is 4.79 Å². The zero-order valence-electron chi connectivity index (χ0n) is 11.1. The van der Waals surface area contributed by atoms with Gasteiger partial charge in [0.1, 0.15) is 0 Å². The molecule has 1 aromatic heterocycles. The number of nitrogens with one attached hydrogen (secondary N) is 1. The molecule has 0 aromatic carbocycles. The van der Waals surface area contributed by atoms with Crippen LogP contribution in [0.5, 0.6) is 0 Å². The molecule has 0 atom stereocenters. The first-order chi connectivity index (χ1) is 9.60. The summed E-state index contributed by atoms with van der Waals surface area (Å²) >= 11 is 6.04. The molecule has 106 valence electrons. The van der Waals surface area contributed by atoms with Crippen LogP contribution in [0.15, 0.2) is 18.5 Å². The van der Waals surface area contributed by atoms with Crippen molar-refractivity contribution in [3.63, 3.8) is 0 Å². The highest BCUT2D eigenvalue weighted by molar-refractivity contribution is 6.33. The van der Waals surface area contributed by atoms with Crippen LogP contribution in [0.1, 0.15) is 29.6 Å². The number of likely N-dealkylation sites (tertiary alicyclic amines) is 1. The van der Waals surface area contributed by atoms with Crippen LogP contribution in [0.25, 0.3) is 0 Å². The average Bonchev–Trinajstić information content (AvgIpc) is 2.81. The lowest BCUT2D eigenvalue weighted by atomic mass is 9.77. The Morgan fingerprint density at radius 1 is 1.40 bits per heavy atom. The molecule has 0 bridgehead atoms. The minimum atomic E-state index is -0.0739. The second-order valence-electron chi connectivity index (χ2n) is 5.60. The molecule has 1 spiro atoms. The number of pyridine rings is 1. The third-order valence-electron chi connectivity index (χ3n) is 4.31. The predicted octanol–water partition coefficient (Wildman–Crippen LogP) is 1.48. The first-order valence-electron chi connectivity index (χ1n) is 6.75. The first kappa shape index (κ1) is 13.4. The van der Waals surface area contributed by atoms with Gasteiger partial charge in [0.15, 0.2) is 0 Å². The Kier molecular flexibility index (Phi) is 3.38. The van der Waals surface area contributed by atoms with Crippen LogP contribution in [0.2, 0.25) is 5.02 Å². The number of carbonyl (C=O) groups excluding carboxylic acids is 2. The lowest BCUT2D eigenvalue weighted by Gasteiger charge is -2.38. The van der Waals surface area contributed by atoms with E-state index in [-0.39, 0.29) is 17.2 Å². The molecule has 2 amide bonds. The third kappa shape index (κ3) is 2.38.